The van der Waals surface area contributed by atoms with Gasteiger partial charge in [0.25, 0.3) is 0 Å². The summed E-state index contributed by atoms with van der Waals surface area (Å²) in [6, 6.07) is 5.78. The molecule has 20 heavy (non-hydrogen) atoms. The molecule has 0 aliphatic heterocycles. The van der Waals surface area contributed by atoms with E-state index in [-0.39, 0.29) is 11.8 Å². The van der Waals surface area contributed by atoms with Gasteiger partial charge in [-0.2, -0.15) is 0 Å². The van der Waals surface area contributed by atoms with Crippen LogP contribution in [0.25, 0.3) is 10.2 Å². The molecule has 1 amide bonds. The van der Waals surface area contributed by atoms with E-state index < -0.39 is 0 Å². The first kappa shape index (κ1) is 14.9. The van der Waals surface area contributed by atoms with Crippen LogP contribution in [0.15, 0.2) is 23.7 Å². The second-order valence-electron chi connectivity index (χ2n) is 5.52. The second-order valence-corrected chi connectivity index (χ2v) is 6.40. The number of fused-ring (bicyclic) bond motifs is 1. The Hall–Kier alpha value is -1.46. The topological polar surface area (TPSA) is 68.0 Å². The number of hydrogen-bond acceptors (Lipinski definition) is 4. The minimum absolute atomic E-state index is 0.0324. The summed E-state index contributed by atoms with van der Waals surface area (Å²) in [5, 5.41) is 2.95. The van der Waals surface area contributed by atoms with Crippen LogP contribution in [0.3, 0.4) is 0 Å². The maximum Gasteiger partial charge on any atom is 0.224 e. The van der Waals surface area contributed by atoms with E-state index in [2.05, 4.69) is 24.1 Å². The number of nitrogens with zero attached hydrogens (tertiary/aromatic N) is 1. The lowest BCUT2D eigenvalue weighted by atomic mass is 9.94. The first-order valence-electron chi connectivity index (χ1n) is 6.91. The third-order valence-corrected chi connectivity index (χ3v) is 4.02. The average molecular weight is 291 g/mol. The molecule has 5 heteroatoms. The summed E-state index contributed by atoms with van der Waals surface area (Å²) in [5.74, 6) is 0.844. The van der Waals surface area contributed by atoms with Crippen molar-refractivity contribution in [1.29, 1.82) is 0 Å². The van der Waals surface area contributed by atoms with Crippen molar-refractivity contribution in [3.05, 3.63) is 23.7 Å². The molecule has 0 bridgehead atoms. The predicted octanol–water partition coefficient (Wildman–Crippen LogP) is 3.25. The van der Waals surface area contributed by atoms with E-state index in [1.807, 2.05) is 23.7 Å². The monoisotopic (exact) mass is 291 g/mol. The van der Waals surface area contributed by atoms with Gasteiger partial charge in [0, 0.05) is 12.1 Å². The fraction of sp³-hybridized carbons (Fsp3) is 0.467. The Labute approximate surface area is 123 Å². The number of hydrogen-bond donors (Lipinski definition) is 2. The molecule has 1 aromatic carbocycles. The van der Waals surface area contributed by atoms with Crippen LogP contribution in [0.4, 0.5) is 5.69 Å². The van der Waals surface area contributed by atoms with E-state index in [0.29, 0.717) is 18.9 Å². The highest BCUT2D eigenvalue weighted by Gasteiger charge is 2.14. The minimum Gasteiger partial charge on any atom is -0.330 e. The molecule has 0 spiro atoms. The van der Waals surface area contributed by atoms with Crippen molar-refractivity contribution in [2.75, 3.05) is 11.9 Å². The molecule has 1 unspecified atom stereocenters. The molecule has 0 radical (unpaired) electrons. The highest BCUT2D eigenvalue weighted by molar-refractivity contribution is 7.16. The number of thiazole rings is 1. The van der Waals surface area contributed by atoms with Gasteiger partial charge < -0.3 is 11.1 Å². The Kier molecular flexibility index (Phi) is 5.09. The normalized spacial score (nSPS) is 12.8. The number of rotatable bonds is 6. The Morgan fingerprint density at radius 3 is 2.95 bits per heavy atom. The van der Waals surface area contributed by atoms with Gasteiger partial charge in [0.2, 0.25) is 5.91 Å². The lowest BCUT2D eigenvalue weighted by Gasteiger charge is -2.16. The van der Waals surface area contributed by atoms with Gasteiger partial charge in [-0.1, -0.05) is 13.8 Å². The molecular formula is C15H21N3OS. The molecular weight excluding hydrogens is 270 g/mol. The predicted molar refractivity (Wildman–Crippen MR) is 84.9 cm³/mol. The van der Waals surface area contributed by atoms with Crippen molar-refractivity contribution in [3.63, 3.8) is 0 Å². The Balaban J connectivity index is 1.96. The number of benzene rings is 1. The van der Waals surface area contributed by atoms with E-state index >= 15 is 0 Å². The Bertz CT molecular complexity index is 579. The van der Waals surface area contributed by atoms with E-state index in [1.165, 1.54) is 0 Å². The van der Waals surface area contributed by atoms with Crippen molar-refractivity contribution < 1.29 is 4.79 Å². The quantitative estimate of drug-likeness (QED) is 0.858. The number of amides is 1. The smallest absolute Gasteiger partial charge is 0.224 e. The number of nitrogens with one attached hydrogen (secondary N) is 1. The average Bonchev–Trinajstić information content (AvgIpc) is 2.84. The fourth-order valence-corrected chi connectivity index (χ4v) is 3.05. The summed E-state index contributed by atoms with van der Waals surface area (Å²) in [6.45, 7) is 4.86. The second kappa shape index (κ2) is 6.81. The summed E-state index contributed by atoms with van der Waals surface area (Å²) in [6.07, 6.45) is 1.47. The highest BCUT2D eigenvalue weighted by atomic mass is 32.1. The SMILES string of the molecule is CC(C)CC(CN)CC(=O)Nc1ccc2ncsc2c1. The largest absolute Gasteiger partial charge is 0.330 e. The third-order valence-electron chi connectivity index (χ3n) is 3.23. The summed E-state index contributed by atoms with van der Waals surface area (Å²) in [4.78, 5) is 16.3. The zero-order valence-electron chi connectivity index (χ0n) is 11.9. The van der Waals surface area contributed by atoms with Crippen molar-refractivity contribution >= 4 is 33.1 Å². The van der Waals surface area contributed by atoms with Gasteiger partial charge in [0.1, 0.15) is 0 Å². The van der Waals surface area contributed by atoms with Gasteiger partial charge in [0.15, 0.2) is 0 Å². The van der Waals surface area contributed by atoms with Crippen molar-refractivity contribution in [2.24, 2.45) is 17.6 Å². The number of carbonyl (C=O) groups is 1. The van der Waals surface area contributed by atoms with Gasteiger partial charge in [-0.3, -0.25) is 4.79 Å². The minimum atomic E-state index is 0.0324. The van der Waals surface area contributed by atoms with Crippen LogP contribution in [0.1, 0.15) is 26.7 Å². The van der Waals surface area contributed by atoms with E-state index in [1.54, 1.807) is 11.3 Å². The van der Waals surface area contributed by atoms with Crippen LogP contribution in [0.5, 0.6) is 0 Å². The van der Waals surface area contributed by atoms with E-state index in [9.17, 15) is 4.79 Å². The fourth-order valence-electron chi connectivity index (χ4n) is 2.34. The Morgan fingerprint density at radius 1 is 1.45 bits per heavy atom. The molecule has 0 aliphatic rings. The molecule has 4 nitrogen and oxygen atoms in total. The van der Waals surface area contributed by atoms with Crippen molar-refractivity contribution in [2.45, 2.75) is 26.7 Å². The van der Waals surface area contributed by atoms with Crippen molar-refractivity contribution in [3.8, 4) is 0 Å². The summed E-state index contributed by atoms with van der Waals surface area (Å²) < 4.78 is 1.08. The molecule has 3 N–H and O–H groups in total. The van der Waals surface area contributed by atoms with Gasteiger partial charge in [-0.25, -0.2) is 4.98 Å². The van der Waals surface area contributed by atoms with Gasteiger partial charge in [-0.15, -0.1) is 11.3 Å². The van der Waals surface area contributed by atoms with Crippen LogP contribution in [-0.2, 0) is 4.79 Å². The number of anilines is 1. The summed E-state index contributed by atoms with van der Waals surface area (Å²) in [7, 11) is 0. The maximum atomic E-state index is 12.1. The van der Waals surface area contributed by atoms with Gasteiger partial charge >= 0.3 is 0 Å². The maximum absolute atomic E-state index is 12.1. The van der Waals surface area contributed by atoms with Crippen molar-refractivity contribution in [1.82, 2.24) is 4.98 Å². The number of aromatic nitrogens is 1. The van der Waals surface area contributed by atoms with Crippen LogP contribution < -0.4 is 11.1 Å². The molecule has 0 fully saturated rings. The molecule has 108 valence electrons. The number of carbonyl (C=O) groups excluding carboxylic acids is 1. The molecule has 0 saturated heterocycles. The molecule has 0 saturated carbocycles. The molecule has 1 heterocycles. The summed E-state index contributed by atoms with van der Waals surface area (Å²) in [5.41, 5.74) is 9.34. The first-order chi connectivity index (χ1) is 9.58. The lowest BCUT2D eigenvalue weighted by Crippen LogP contribution is -2.23. The Morgan fingerprint density at radius 2 is 2.25 bits per heavy atom. The molecule has 2 aromatic rings. The van der Waals surface area contributed by atoms with Crippen LogP contribution in [0.2, 0.25) is 0 Å². The van der Waals surface area contributed by atoms with Crippen LogP contribution >= 0.6 is 11.3 Å². The summed E-state index contributed by atoms with van der Waals surface area (Å²) >= 11 is 1.57. The van der Waals surface area contributed by atoms with Crippen LogP contribution in [0, 0.1) is 11.8 Å². The molecule has 1 atom stereocenters. The molecule has 1 aromatic heterocycles. The number of nitrogens with two attached hydrogens (primary N) is 1. The highest BCUT2D eigenvalue weighted by Crippen LogP contribution is 2.22. The van der Waals surface area contributed by atoms with Crippen LogP contribution in [-0.4, -0.2) is 17.4 Å². The third kappa shape index (κ3) is 4.02. The zero-order chi connectivity index (χ0) is 14.5. The van der Waals surface area contributed by atoms with E-state index in [4.69, 9.17) is 5.73 Å². The molecule has 2 rings (SSSR count). The van der Waals surface area contributed by atoms with Gasteiger partial charge in [-0.05, 0) is 43.0 Å². The van der Waals surface area contributed by atoms with E-state index in [0.717, 1.165) is 22.3 Å². The zero-order valence-corrected chi connectivity index (χ0v) is 12.7. The first-order valence-corrected chi connectivity index (χ1v) is 7.79. The lowest BCUT2D eigenvalue weighted by molar-refractivity contribution is -0.117. The van der Waals surface area contributed by atoms with Gasteiger partial charge in [0.05, 0.1) is 15.7 Å². The molecule has 0 aliphatic carbocycles. The standard InChI is InChI=1S/C15H21N3OS/c1-10(2)5-11(8-16)6-15(19)18-12-3-4-13-14(7-12)20-9-17-13/h3-4,7,9-11H,5-6,8,16H2,1-2H3,(H,18,19).